The minimum atomic E-state index is -0.561. The van der Waals surface area contributed by atoms with E-state index in [0.717, 1.165) is 44.0 Å². The summed E-state index contributed by atoms with van der Waals surface area (Å²) in [5, 5.41) is -0.158. The van der Waals surface area contributed by atoms with Crippen molar-refractivity contribution in [1.82, 2.24) is 19.4 Å². The number of hydrogen-bond donors (Lipinski definition) is 0. The van der Waals surface area contributed by atoms with Crippen LogP contribution in [0.4, 0.5) is 10.3 Å². The van der Waals surface area contributed by atoms with Gasteiger partial charge in [0.05, 0.1) is 5.69 Å². The molecule has 0 aliphatic carbocycles. The summed E-state index contributed by atoms with van der Waals surface area (Å²) in [5.74, 6) is 1.26. The number of pyridine rings is 1. The van der Waals surface area contributed by atoms with Crippen molar-refractivity contribution in [3.63, 3.8) is 0 Å². The van der Waals surface area contributed by atoms with Gasteiger partial charge in [-0.3, -0.25) is 4.40 Å². The Labute approximate surface area is 189 Å². The van der Waals surface area contributed by atoms with Gasteiger partial charge < -0.3 is 9.64 Å². The minimum absolute atomic E-state index is 0.139. The molecule has 1 spiro atoms. The molecule has 5 heterocycles. The molecule has 8 heteroatoms. The second-order valence-electron chi connectivity index (χ2n) is 8.51. The van der Waals surface area contributed by atoms with Crippen molar-refractivity contribution in [1.29, 1.82) is 0 Å². The zero-order chi connectivity index (χ0) is 21.9. The van der Waals surface area contributed by atoms with E-state index < -0.39 is 5.82 Å². The van der Waals surface area contributed by atoms with Gasteiger partial charge in [0.2, 0.25) is 5.95 Å². The maximum absolute atomic E-state index is 14.8. The van der Waals surface area contributed by atoms with Gasteiger partial charge in [0.1, 0.15) is 17.0 Å². The lowest BCUT2D eigenvalue weighted by molar-refractivity contribution is 0.0664. The van der Waals surface area contributed by atoms with Crippen LogP contribution in [-0.2, 0) is 6.42 Å². The first-order valence-electron chi connectivity index (χ1n) is 10.7. The van der Waals surface area contributed by atoms with E-state index in [1.54, 1.807) is 12.3 Å². The predicted octanol–water partition coefficient (Wildman–Crippen LogP) is 4.87. The van der Waals surface area contributed by atoms with Crippen molar-refractivity contribution in [3.8, 4) is 16.9 Å². The third kappa shape index (κ3) is 2.95. The maximum atomic E-state index is 14.8. The van der Waals surface area contributed by atoms with E-state index >= 15 is 0 Å². The summed E-state index contributed by atoms with van der Waals surface area (Å²) < 4.78 is 23.1. The number of aryl methyl sites for hydroxylation is 1. The molecule has 2 aliphatic heterocycles. The number of fused-ring (bicyclic) bond motifs is 2. The highest BCUT2D eigenvalue weighted by atomic mass is 35.5. The maximum Gasteiger partial charge on any atom is 0.211 e. The van der Waals surface area contributed by atoms with E-state index in [2.05, 4.69) is 33.1 Å². The molecule has 0 saturated carbocycles. The molecule has 32 heavy (non-hydrogen) atoms. The van der Waals surface area contributed by atoms with Crippen LogP contribution >= 0.6 is 11.6 Å². The molecule has 0 N–H and O–H groups in total. The van der Waals surface area contributed by atoms with Crippen molar-refractivity contribution < 1.29 is 9.13 Å². The molecule has 1 aromatic carbocycles. The van der Waals surface area contributed by atoms with E-state index in [0.29, 0.717) is 22.5 Å². The van der Waals surface area contributed by atoms with Gasteiger partial charge in [-0.05, 0) is 24.6 Å². The monoisotopic (exact) mass is 449 g/mol. The van der Waals surface area contributed by atoms with Gasteiger partial charge >= 0.3 is 0 Å². The smallest absolute Gasteiger partial charge is 0.211 e. The van der Waals surface area contributed by atoms with E-state index in [1.807, 2.05) is 23.6 Å². The van der Waals surface area contributed by atoms with Gasteiger partial charge in [-0.15, -0.1) is 0 Å². The zero-order valence-corrected chi connectivity index (χ0v) is 18.3. The third-order valence-electron chi connectivity index (χ3n) is 6.59. The number of benzene rings is 1. The molecule has 1 saturated heterocycles. The van der Waals surface area contributed by atoms with Crippen LogP contribution in [0.25, 0.3) is 16.8 Å². The first kappa shape index (κ1) is 19.5. The first-order valence-corrected chi connectivity index (χ1v) is 11.1. The first-order chi connectivity index (χ1) is 15.5. The van der Waals surface area contributed by atoms with Crippen LogP contribution in [0.5, 0.6) is 5.75 Å². The Kier molecular flexibility index (Phi) is 4.37. The quantitative estimate of drug-likeness (QED) is 0.409. The highest BCUT2D eigenvalue weighted by molar-refractivity contribution is 6.29. The number of nitrogens with zero attached hydrogens (tertiary/aromatic N) is 5. The highest BCUT2D eigenvalue weighted by Gasteiger charge is 2.42. The van der Waals surface area contributed by atoms with Crippen LogP contribution in [0.15, 0.2) is 48.9 Å². The summed E-state index contributed by atoms with van der Waals surface area (Å²) in [5.41, 5.74) is 3.48. The van der Waals surface area contributed by atoms with Gasteiger partial charge in [0.15, 0.2) is 11.0 Å². The van der Waals surface area contributed by atoms with Crippen LogP contribution in [0.1, 0.15) is 24.1 Å². The average molecular weight is 450 g/mol. The van der Waals surface area contributed by atoms with E-state index in [-0.39, 0.29) is 10.8 Å². The molecular weight excluding hydrogens is 429 g/mol. The molecule has 0 unspecified atom stereocenters. The fraction of sp³-hybridized carbons (Fsp3) is 0.292. The summed E-state index contributed by atoms with van der Waals surface area (Å²) >= 11 is 5.93. The number of halogens is 2. The molecule has 4 aromatic rings. The molecule has 0 bridgehead atoms. The summed E-state index contributed by atoms with van der Waals surface area (Å²) in [6.45, 7) is 3.52. The topological polar surface area (TPSA) is 55.6 Å². The Hall–Kier alpha value is -3.19. The van der Waals surface area contributed by atoms with E-state index in [4.69, 9.17) is 21.3 Å². The standard InChI is InChI=1S/C24H21ClFN5O/c1-15-19(17-6-9-27-21(25)20(17)26)22-28-10-13-31(22)23(29-15)30-11-7-24(8-12-30)14-16-4-2-3-5-18(16)32-24/h2-6,9-10,13H,7-8,11-12,14H2,1H3. The number of imidazole rings is 1. The Morgan fingerprint density at radius 3 is 2.72 bits per heavy atom. The summed E-state index contributed by atoms with van der Waals surface area (Å²) in [6, 6.07) is 9.91. The Morgan fingerprint density at radius 2 is 1.91 bits per heavy atom. The van der Waals surface area contributed by atoms with Crippen LogP contribution < -0.4 is 9.64 Å². The molecular formula is C24H21ClFN5O. The van der Waals surface area contributed by atoms with Crippen molar-refractivity contribution >= 4 is 23.2 Å². The van der Waals surface area contributed by atoms with E-state index in [9.17, 15) is 4.39 Å². The van der Waals surface area contributed by atoms with E-state index in [1.165, 1.54) is 11.8 Å². The summed E-state index contributed by atoms with van der Waals surface area (Å²) in [6.07, 6.45) is 7.85. The number of anilines is 1. The molecule has 6 nitrogen and oxygen atoms in total. The van der Waals surface area contributed by atoms with Crippen LogP contribution in [0.2, 0.25) is 5.15 Å². The van der Waals surface area contributed by atoms with Crippen molar-refractivity contribution in [2.75, 3.05) is 18.0 Å². The number of aromatic nitrogens is 4. The van der Waals surface area contributed by atoms with Crippen LogP contribution in [0, 0.1) is 12.7 Å². The molecule has 0 atom stereocenters. The van der Waals surface area contributed by atoms with Crippen LogP contribution in [-0.4, -0.2) is 38.0 Å². The van der Waals surface area contributed by atoms with Gasteiger partial charge in [-0.25, -0.2) is 19.3 Å². The second kappa shape index (κ2) is 7.17. The molecule has 2 aliphatic rings. The molecule has 1 fully saturated rings. The lowest BCUT2D eigenvalue weighted by Gasteiger charge is -2.39. The molecule has 6 rings (SSSR count). The lowest BCUT2D eigenvalue weighted by Crippen LogP contribution is -2.48. The molecule has 0 radical (unpaired) electrons. The third-order valence-corrected chi connectivity index (χ3v) is 6.86. The Balaban J connectivity index is 1.34. The number of piperidine rings is 1. The molecule has 3 aromatic heterocycles. The van der Waals surface area contributed by atoms with Gasteiger partial charge in [-0.1, -0.05) is 29.8 Å². The lowest BCUT2D eigenvalue weighted by atomic mass is 9.87. The van der Waals surface area contributed by atoms with Crippen LogP contribution in [0.3, 0.4) is 0 Å². The predicted molar refractivity (Wildman–Crippen MR) is 121 cm³/mol. The van der Waals surface area contributed by atoms with Crippen molar-refractivity contribution in [3.05, 3.63) is 71.2 Å². The summed E-state index contributed by atoms with van der Waals surface area (Å²) in [7, 11) is 0. The normalized spacial score (nSPS) is 17.0. The fourth-order valence-electron chi connectivity index (χ4n) is 4.98. The number of hydrogen-bond acceptors (Lipinski definition) is 5. The fourth-order valence-corrected chi connectivity index (χ4v) is 5.14. The molecule has 0 amide bonds. The number of ether oxygens (including phenoxy) is 1. The largest absolute Gasteiger partial charge is 0.487 e. The second-order valence-corrected chi connectivity index (χ2v) is 8.87. The van der Waals surface area contributed by atoms with Gasteiger partial charge in [0.25, 0.3) is 0 Å². The highest BCUT2D eigenvalue weighted by Crippen LogP contribution is 2.42. The Bertz CT molecular complexity index is 1320. The summed E-state index contributed by atoms with van der Waals surface area (Å²) in [4.78, 5) is 15.5. The van der Waals surface area contributed by atoms with Gasteiger partial charge in [-0.2, -0.15) is 0 Å². The van der Waals surface area contributed by atoms with Crippen molar-refractivity contribution in [2.24, 2.45) is 0 Å². The van der Waals surface area contributed by atoms with Crippen molar-refractivity contribution in [2.45, 2.75) is 31.8 Å². The number of para-hydroxylation sites is 1. The minimum Gasteiger partial charge on any atom is -0.487 e. The number of rotatable bonds is 2. The Morgan fingerprint density at radius 1 is 1.09 bits per heavy atom. The molecule has 162 valence electrons. The zero-order valence-electron chi connectivity index (χ0n) is 17.6. The van der Waals surface area contributed by atoms with Gasteiger partial charge in [0, 0.05) is 62.1 Å². The SMILES string of the molecule is Cc1nc(N2CCC3(CC2)Cc2ccccc2O3)n2ccnc2c1-c1ccnc(Cl)c1F. The average Bonchev–Trinajstić information content (AvgIpc) is 3.41.